The first-order valence-electron chi connectivity index (χ1n) is 13.9. The minimum atomic E-state index is -0.956. The zero-order valence-corrected chi connectivity index (χ0v) is 24.6. The predicted octanol–water partition coefficient (Wildman–Crippen LogP) is 4.82. The summed E-state index contributed by atoms with van der Waals surface area (Å²) in [5, 5.41) is 0.569. The van der Waals surface area contributed by atoms with Crippen LogP contribution in [0.1, 0.15) is 12.8 Å². The molecule has 4 aromatic rings. The molecule has 3 saturated heterocycles. The maximum absolute atomic E-state index is 16.6. The van der Waals surface area contributed by atoms with E-state index < -0.39 is 17.8 Å². The Morgan fingerprint density at radius 3 is 2.79 bits per heavy atom. The van der Waals surface area contributed by atoms with E-state index in [1.54, 1.807) is 11.0 Å². The van der Waals surface area contributed by atoms with Crippen LogP contribution in [-0.2, 0) is 4.79 Å². The molecule has 1 amide bonds. The quantitative estimate of drug-likeness (QED) is 0.303. The molecule has 224 valence electrons. The number of aromatic nitrogens is 3. The Hall–Kier alpha value is -3.68. The number of carbonyl (C=O) groups is 1. The Bertz CT molecular complexity index is 1810. The summed E-state index contributed by atoms with van der Waals surface area (Å²) in [5.74, 6) is -0.982. The van der Waals surface area contributed by atoms with E-state index in [2.05, 4.69) is 21.5 Å². The maximum atomic E-state index is 16.6. The van der Waals surface area contributed by atoms with Gasteiger partial charge in [-0.2, -0.15) is 9.97 Å². The summed E-state index contributed by atoms with van der Waals surface area (Å²) < 4.78 is 51.3. The molecule has 0 bridgehead atoms. The van der Waals surface area contributed by atoms with Crippen molar-refractivity contribution in [2.45, 2.75) is 37.1 Å². The largest absolute Gasteiger partial charge is 0.462 e. The van der Waals surface area contributed by atoms with Crippen LogP contribution in [0.5, 0.6) is 6.01 Å². The van der Waals surface area contributed by atoms with Crippen molar-refractivity contribution in [3.8, 4) is 17.1 Å². The zero-order valence-electron chi connectivity index (χ0n) is 23.1. The smallest absolute Gasteiger partial charge is 0.319 e. The van der Waals surface area contributed by atoms with Crippen LogP contribution < -0.4 is 15.4 Å². The fraction of sp³-hybridized carbons (Fsp3) is 0.379. The van der Waals surface area contributed by atoms with Crippen molar-refractivity contribution in [1.82, 2.24) is 24.8 Å². The van der Waals surface area contributed by atoms with E-state index in [4.69, 9.17) is 22.1 Å². The number of likely N-dealkylation sites (N-methyl/N-ethyl adjacent to an activating group) is 1. The Morgan fingerprint density at radius 2 is 2.05 bits per heavy atom. The number of rotatable bonds is 6. The molecule has 2 N–H and O–H groups in total. The molecular formula is C29H27ClF3N7O2S. The normalized spacial score (nSPS) is 23.7. The number of ether oxygens (including phenoxy) is 1. The summed E-state index contributed by atoms with van der Waals surface area (Å²) in [5.41, 5.74) is 6.30. The third kappa shape index (κ3) is 4.56. The molecule has 3 aliphatic rings. The molecule has 0 unspecified atom stereocenters. The van der Waals surface area contributed by atoms with Gasteiger partial charge in [-0.3, -0.25) is 9.69 Å². The second-order valence-corrected chi connectivity index (χ2v) is 12.6. The molecule has 7 rings (SSSR count). The maximum Gasteiger partial charge on any atom is 0.319 e. The standard InChI is InChI=1S/C29H27ClF3N7O2S/c1-3-21(41)39-7-6-19-20(39)11-40(19)27-16-9-17(30)22(15-4-5-18(32)26-25(15)35-28(34)43-26)23(33)24(16)36-29(37-27)42-12-14-8-13(31)10-38(14)2/h3-5,9,13-14,19-20H,1,6-8,10-12H2,2H3,(H2,34,35)/t13-,14+,19-,20-/m1/s1. The van der Waals surface area contributed by atoms with Crippen molar-refractivity contribution in [3.63, 3.8) is 0 Å². The fourth-order valence-electron chi connectivity index (χ4n) is 6.52. The predicted molar refractivity (Wildman–Crippen MR) is 160 cm³/mol. The van der Waals surface area contributed by atoms with Gasteiger partial charge < -0.3 is 20.3 Å². The zero-order chi connectivity index (χ0) is 30.2. The highest BCUT2D eigenvalue weighted by atomic mass is 35.5. The van der Waals surface area contributed by atoms with E-state index in [0.29, 0.717) is 43.7 Å². The van der Waals surface area contributed by atoms with Gasteiger partial charge in [-0.15, -0.1) is 0 Å². The van der Waals surface area contributed by atoms with Gasteiger partial charge in [-0.05, 0) is 44.2 Å². The van der Waals surface area contributed by atoms with Crippen LogP contribution in [-0.4, -0.2) is 88.2 Å². The minimum absolute atomic E-state index is 0.000899. The highest BCUT2D eigenvalue weighted by Gasteiger charge is 2.49. The number of carbonyl (C=O) groups excluding carboxylic acids is 1. The van der Waals surface area contributed by atoms with Crippen LogP contribution in [0.25, 0.3) is 32.2 Å². The number of benzene rings is 2. The Morgan fingerprint density at radius 1 is 1.23 bits per heavy atom. The average Bonchev–Trinajstić information content (AvgIpc) is 3.62. The molecule has 4 atom stereocenters. The second-order valence-electron chi connectivity index (χ2n) is 11.1. The molecule has 2 aromatic carbocycles. The van der Waals surface area contributed by atoms with Gasteiger partial charge in [0.05, 0.1) is 27.3 Å². The van der Waals surface area contributed by atoms with Crippen molar-refractivity contribution in [1.29, 1.82) is 0 Å². The first-order valence-corrected chi connectivity index (χ1v) is 15.1. The highest BCUT2D eigenvalue weighted by Crippen LogP contribution is 2.45. The number of nitrogens with zero attached hydrogens (tertiary/aromatic N) is 6. The lowest BCUT2D eigenvalue weighted by molar-refractivity contribution is -0.127. The number of hydrogen-bond acceptors (Lipinski definition) is 9. The molecule has 2 aromatic heterocycles. The topological polar surface area (TPSA) is 101 Å². The molecule has 3 fully saturated rings. The summed E-state index contributed by atoms with van der Waals surface area (Å²) in [6.45, 7) is 5.07. The van der Waals surface area contributed by atoms with Crippen LogP contribution in [0.3, 0.4) is 0 Å². The van der Waals surface area contributed by atoms with Gasteiger partial charge in [-0.1, -0.05) is 29.5 Å². The van der Waals surface area contributed by atoms with Crippen LogP contribution >= 0.6 is 22.9 Å². The molecular weight excluding hydrogens is 603 g/mol. The Labute approximate surface area is 253 Å². The summed E-state index contributed by atoms with van der Waals surface area (Å²) in [4.78, 5) is 31.4. The second kappa shape index (κ2) is 10.5. The van der Waals surface area contributed by atoms with Crippen LogP contribution in [0.2, 0.25) is 5.02 Å². The van der Waals surface area contributed by atoms with E-state index in [-0.39, 0.29) is 73.7 Å². The van der Waals surface area contributed by atoms with Gasteiger partial charge in [0.2, 0.25) is 5.91 Å². The van der Waals surface area contributed by atoms with E-state index >= 15 is 4.39 Å². The molecule has 0 aliphatic carbocycles. The summed E-state index contributed by atoms with van der Waals surface area (Å²) in [6.07, 6.45) is 1.36. The molecule has 0 radical (unpaired) electrons. The van der Waals surface area contributed by atoms with Crippen LogP contribution in [0.4, 0.5) is 24.1 Å². The van der Waals surface area contributed by atoms with E-state index in [1.165, 1.54) is 18.2 Å². The van der Waals surface area contributed by atoms with E-state index in [9.17, 15) is 13.6 Å². The van der Waals surface area contributed by atoms with Gasteiger partial charge in [0.1, 0.15) is 29.9 Å². The Balaban J connectivity index is 1.34. The SMILES string of the molecule is C=CC(=O)N1CC[C@@H]2[C@H]1CN2c1nc(OC[C@@H]2C[C@@H](F)CN2C)nc2c(F)c(-c3ccc(F)c4sc(N)nc34)c(Cl)cc12. The molecule has 43 heavy (non-hydrogen) atoms. The van der Waals surface area contributed by atoms with E-state index in [0.717, 1.165) is 11.3 Å². The number of nitrogens with two attached hydrogens (primary N) is 1. The van der Waals surface area contributed by atoms with Gasteiger partial charge in [0, 0.05) is 42.2 Å². The number of halogens is 4. The first kappa shape index (κ1) is 28.1. The lowest BCUT2D eigenvalue weighted by Gasteiger charge is -2.47. The highest BCUT2D eigenvalue weighted by molar-refractivity contribution is 7.22. The molecule has 3 aliphatic heterocycles. The van der Waals surface area contributed by atoms with Crippen molar-refractivity contribution < 1.29 is 22.7 Å². The van der Waals surface area contributed by atoms with Gasteiger partial charge in [-0.25, -0.2) is 18.2 Å². The number of anilines is 2. The summed E-state index contributed by atoms with van der Waals surface area (Å²) in [6, 6.07) is 3.91. The lowest BCUT2D eigenvalue weighted by atomic mass is 9.95. The lowest BCUT2D eigenvalue weighted by Crippen LogP contribution is -2.63. The Kier molecular flexibility index (Phi) is 6.86. The van der Waals surface area contributed by atoms with Crippen LogP contribution in [0, 0.1) is 11.6 Å². The number of thiazole rings is 1. The first-order chi connectivity index (χ1) is 20.6. The number of likely N-dealkylation sites (tertiary alicyclic amines) is 2. The fourth-order valence-corrected chi connectivity index (χ4v) is 7.57. The van der Waals surface area contributed by atoms with Crippen molar-refractivity contribution >= 4 is 60.9 Å². The molecule has 5 heterocycles. The molecule has 0 saturated carbocycles. The number of fused-ring (bicyclic) bond motifs is 3. The van der Waals surface area contributed by atoms with Crippen LogP contribution in [0.15, 0.2) is 30.9 Å². The summed E-state index contributed by atoms with van der Waals surface area (Å²) in [7, 11) is 1.82. The van der Waals surface area contributed by atoms with Gasteiger partial charge in [0.15, 0.2) is 10.9 Å². The molecule has 0 spiro atoms. The number of amides is 1. The average molecular weight is 630 g/mol. The van der Waals surface area contributed by atoms with Crippen molar-refractivity contribution in [2.24, 2.45) is 0 Å². The monoisotopic (exact) mass is 629 g/mol. The van der Waals surface area contributed by atoms with Gasteiger partial charge >= 0.3 is 6.01 Å². The number of hydrogen-bond donors (Lipinski definition) is 1. The number of nitrogen functional groups attached to an aromatic ring is 1. The summed E-state index contributed by atoms with van der Waals surface area (Å²) >= 11 is 7.70. The third-order valence-electron chi connectivity index (χ3n) is 8.69. The van der Waals surface area contributed by atoms with Crippen molar-refractivity contribution in [3.05, 3.63) is 47.5 Å². The third-order valence-corrected chi connectivity index (χ3v) is 9.88. The molecule has 9 nitrogen and oxygen atoms in total. The van der Waals surface area contributed by atoms with Crippen molar-refractivity contribution in [2.75, 3.05) is 43.9 Å². The van der Waals surface area contributed by atoms with Gasteiger partial charge in [0.25, 0.3) is 0 Å². The molecule has 14 heteroatoms. The van der Waals surface area contributed by atoms with E-state index in [1.807, 2.05) is 16.8 Å². The minimum Gasteiger partial charge on any atom is -0.462 e. The number of alkyl halides is 1.